The Bertz CT molecular complexity index is 776. The van der Waals surface area contributed by atoms with Gasteiger partial charge in [-0.05, 0) is 54.2 Å². The minimum absolute atomic E-state index is 0.188. The standard InChI is InChI=1S/C24H35F3N2O2/c1-22(2)17-7-8-23(22,3)21(14-17)31-16-20(30)15-28-9-11-29(12-10-28)19-6-4-5-18(13-19)24(25,26)27/h4-6,13,17,20-21,30H,7-12,14-16H2,1-3H3/t17-,20+,21+,23+/m0/s1. The number of hydrogen-bond donors (Lipinski definition) is 1. The SMILES string of the molecule is CC1(C)[C@H]2CC[C@]1(C)[C@H](OC[C@H](O)CN1CCN(c3cccc(C(F)(F)F)c3)CC1)C2. The van der Waals surface area contributed by atoms with Crippen molar-refractivity contribution in [3.63, 3.8) is 0 Å². The second-order valence-corrected chi connectivity index (χ2v) is 10.4. The zero-order valence-electron chi connectivity index (χ0n) is 18.8. The van der Waals surface area contributed by atoms with Crippen molar-refractivity contribution in [3.8, 4) is 0 Å². The maximum absolute atomic E-state index is 13.0. The normalized spacial score (nSPS) is 31.9. The first-order valence-electron chi connectivity index (χ1n) is 11.4. The Labute approximate surface area is 183 Å². The van der Waals surface area contributed by atoms with Gasteiger partial charge in [-0.2, -0.15) is 13.2 Å². The van der Waals surface area contributed by atoms with Gasteiger partial charge in [-0.3, -0.25) is 4.90 Å². The third-order valence-corrected chi connectivity index (χ3v) is 8.58. The van der Waals surface area contributed by atoms with Crippen molar-refractivity contribution in [2.75, 3.05) is 44.2 Å². The number of alkyl halides is 3. The van der Waals surface area contributed by atoms with Gasteiger partial charge < -0.3 is 14.7 Å². The quantitative estimate of drug-likeness (QED) is 0.711. The van der Waals surface area contributed by atoms with E-state index in [0.717, 1.165) is 12.5 Å². The van der Waals surface area contributed by atoms with Crippen molar-refractivity contribution in [1.82, 2.24) is 4.90 Å². The van der Waals surface area contributed by atoms with E-state index in [4.69, 9.17) is 4.74 Å². The molecule has 31 heavy (non-hydrogen) atoms. The van der Waals surface area contributed by atoms with Gasteiger partial charge in [0.05, 0.1) is 24.4 Å². The van der Waals surface area contributed by atoms with Crippen molar-refractivity contribution in [2.45, 2.75) is 58.4 Å². The van der Waals surface area contributed by atoms with Gasteiger partial charge in [-0.15, -0.1) is 0 Å². The van der Waals surface area contributed by atoms with Gasteiger partial charge in [-0.1, -0.05) is 26.8 Å². The van der Waals surface area contributed by atoms with Crippen LogP contribution in [0.2, 0.25) is 0 Å². The number of fused-ring (bicyclic) bond motifs is 2. The van der Waals surface area contributed by atoms with E-state index >= 15 is 0 Å². The van der Waals surface area contributed by atoms with Crippen LogP contribution in [0.25, 0.3) is 0 Å². The number of β-amino-alcohol motifs (C(OH)–C–C–N with tert-alkyl or cyclic N) is 1. The lowest BCUT2D eigenvalue weighted by atomic mass is 9.70. The molecule has 0 amide bonds. The second-order valence-electron chi connectivity index (χ2n) is 10.4. The maximum atomic E-state index is 13.0. The van der Waals surface area contributed by atoms with Crippen LogP contribution in [0.15, 0.2) is 24.3 Å². The predicted molar refractivity (Wildman–Crippen MR) is 115 cm³/mol. The van der Waals surface area contributed by atoms with Gasteiger partial charge in [0.1, 0.15) is 0 Å². The molecule has 1 aromatic carbocycles. The molecule has 1 aliphatic heterocycles. The number of aliphatic hydroxyl groups excluding tert-OH is 1. The summed E-state index contributed by atoms with van der Waals surface area (Å²) in [6, 6.07) is 5.51. The van der Waals surface area contributed by atoms with Crippen molar-refractivity contribution in [3.05, 3.63) is 29.8 Å². The molecular formula is C24H35F3N2O2. The molecule has 3 fully saturated rings. The molecule has 1 N–H and O–H groups in total. The molecule has 174 valence electrons. The smallest absolute Gasteiger partial charge is 0.389 e. The summed E-state index contributed by atoms with van der Waals surface area (Å²) in [7, 11) is 0. The van der Waals surface area contributed by atoms with Gasteiger partial charge in [0.25, 0.3) is 0 Å². The Morgan fingerprint density at radius 1 is 1.16 bits per heavy atom. The number of hydrogen-bond acceptors (Lipinski definition) is 4. The molecule has 1 heterocycles. The van der Waals surface area contributed by atoms with E-state index < -0.39 is 17.8 Å². The van der Waals surface area contributed by atoms with Crippen LogP contribution in [0.4, 0.5) is 18.9 Å². The van der Waals surface area contributed by atoms with Crippen LogP contribution in [0.1, 0.15) is 45.6 Å². The van der Waals surface area contributed by atoms with Crippen LogP contribution >= 0.6 is 0 Å². The molecule has 4 rings (SSSR count). The first kappa shape index (κ1) is 22.9. The molecule has 2 bridgehead atoms. The van der Waals surface area contributed by atoms with E-state index in [-0.39, 0.29) is 11.5 Å². The van der Waals surface area contributed by atoms with Gasteiger partial charge in [0.15, 0.2) is 0 Å². The average Bonchev–Trinajstić information content (AvgIpc) is 3.06. The summed E-state index contributed by atoms with van der Waals surface area (Å²) in [5.41, 5.74) is 0.471. The molecule has 1 aromatic rings. The minimum atomic E-state index is -4.33. The van der Waals surface area contributed by atoms with E-state index in [2.05, 4.69) is 25.7 Å². The van der Waals surface area contributed by atoms with E-state index in [1.165, 1.54) is 25.0 Å². The lowest BCUT2D eigenvalue weighted by Crippen LogP contribution is -2.49. The predicted octanol–water partition coefficient (Wildman–Crippen LogP) is 4.42. The number of rotatable bonds is 6. The number of nitrogens with zero attached hydrogens (tertiary/aromatic N) is 2. The van der Waals surface area contributed by atoms with Gasteiger partial charge >= 0.3 is 6.18 Å². The minimum Gasteiger partial charge on any atom is -0.389 e. The highest BCUT2D eigenvalue weighted by molar-refractivity contribution is 5.49. The van der Waals surface area contributed by atoms with Crippen molar-refractivity contribution in [1.29, 1.82) is 0 Å². The van der Waals surface area contributed by atoms with Crippen LogP contribution in [-0.2, 0) is 10.9 Å². The number of piperazine rings is 1. The zero-order valence-corrected chi connectivity index (χ0v) is 18.8. The molecular weight excluding hydrogens is 405 g/mol. The molecule has 4 nitrogen and oxygen atoms in total. The van der Waals surface area contributed by atoms with E-state index in [1.54, 1.807) is 6.07 Å². The van der Waals surface area contributed by atoms with Crippen LogP contribution in [0.5, 0.6) is 0 Å². The van der Waals surface area contributed by atoms with Crippen LogP contribution in [0, 0.1) is 16.7 Å². The maximum Gasteiger partial charge on any atom is 0.416 e. The second kappa shape index (κ2) is 8.23. The number of halogens is 3. The summed E-state index contributed by atoms with van der Waals surface area (Å²) in [4.78, 5) is 4.15. The summed E-state index contributed by atoms with van der Waals surface area (Å²) < 4.78 is 45.1. The highest BCUT2D eigenvalue weighted by atomic mass is 19.4. The number of ether oxygens (including phenoxy) is 1. The molecule has 1 saturated heterocycles. The third kappa shape index (κ3) is 4.33. The van der Waals surface area contributed by atoms with Crippen LogP contribution in [0.3, 0.4) is 0 Å². The summed E-state index contributed by atoms with van der Waals surface area (Å²) in [5, 5.41) is 10.5. The monoisotopic (exact) mass is 440 g/mol. The Kier molecular flexibility index (Phi) is 6.07. The molecule has 3 aliphatic rings. The van der Waals surface area contributed by atoms with Crippen LogP contribution < -0.4 is 4.90 Å². The van der Waals surface area contributed by atoms with Gasteiger partial charge in [0, 0.05) is 38.4 Å². The number of aliphatic hydroxyl groups is 1. The van der Waals surface area contributed by atoms with E-state index in [0.29, 0.717) is 56.4 Å². The van der Waals surface area contributed by atoms with Crippen molar-refractivity contribution in [2.24, 2.45) is 16.7 Å². The van der Waals surface area contributed by atoms with Gasteiger partial charge in [-0.25, -0.2) is 0 Å². The fraction of sp³-hybridized carbons (Fsp3) is 0.750. The van der Waals surface area contributed by atoms with Crippen LogP contribution in [-0.4, -0.2) is 61.5 Å². The summed E-state index contributed by atoms with van der Waals surface area (Å²) in [6.07, 6.45) is -1.09. The first-order valence-corrected chi connectivity index (χ1v) is 11.4. The Balaban J connectivity index is 1.23. The number of benzene rings is 1. The molecule has 0 spiro atoms. The Hall–Kier alpha value is -1.31. The van der Waals surface area contributed by atoms with E-state index in [9.17, 15) is 18.3 Å². The Morgan fingerprint density at radius 2 is 1.87 bits per heavy atom. The van der Waals surface area contributed by atoms with Gasteiger partial charge in [0.2, 0.25) is 0 Å². The molecule has 4 atom stereocenters. The third-order valence-electron chi connectivity index (χ3n) is 8.58. The zero-order chi connectivity index (χ0) is 22.4. The number of anilines is 1. The van der Waals surface area contributed by atoms with Crippen molar-refractivity contribution < 1.29 is 23.0 Å². The lowest BCUT2D eigenvalue weighted by molar-refractivity contribution is -0.137. The topological polar surface area (TPSA) is 35.9 Å². The Morgan fingerprint density at radius 3 is 2.45 bits per heavy atom. The fourth-order valence-electron chi connectivity index (χ4n) is 6.03. The average molecular weight is 441 g/mol. The highest BCUT2D eigenvalue weighted by Gasteiger charge is 2.61. The van der Waals surface area contributed by atoms with Crippen molar-refractivity contribution >= 4 is 5.69 Å². The summed E-state index contributed by atoms with van der Waals surface area (Å²) in [5.74, 6) is 0.712. The highest BCUT2D eigenvalue weighted by Crippen LogP contribution is 2.66. The molecule has 7 heteroatoms. The molecule has 2 aliphatic carbocycles. The molecule has 0 aromatic heterocycles. The molecule has 2 saturated carbocycles. The summed E-state index contributed by atoms with van der Waals surface area (Å²) >= 11 is 0. The summed E-state index contributed by atoms with van der Waals surface area (Å²) in [6.45, 7) is 10.6. The van der Waals surface area contributed by atoms with E-state index in [1.807, 2.05) is 4.90 Å². The largest absolute Gasteiger partial charge is 0.416 e. The molecule has 0 unspecified atom stereocenters. The first-order chi connectivity index (χ1) is 14.5. The molecule has 0 radical (unpaired) electrons. The fourth-order valence-corrected chi connectivity index (χ4v) is 6.03. The lowest BCUT2D eigenvalue weighted by Gasteiger charge is -2.40.